The third-order valence-corrected chi connectivity index (χ3v) is 3.71. The summed E-state index contributed by atoms with van der Waals surface area (Å²) in [6.07, 6.45) is 4.29. The summed E-state index contributed by atoms with van der Waals surface area (Å²) in [4.78, 5) is 19.4. The second-order valence-electron chi connectivity index (χ2n) is 5.46. The van der Waals surface area contributed by atoms with Gasteiger partial charge in [-0.2, -0.15) is 0 Å². The highest BCUT2D eigenvalue weighted by Gasteiger charge is 2.11. The molecule has 6 heteroatoms. The molecule has 2 radical (unpaired) electrons. The Morgan fingerprint density at radius 3 is 2.04 bits per heavy atom. The zero-order valence-electron chi connectivity index (χ0n) is 13.6. The van der Waals surface area contributed by atoms with E-state index < -0.39 is 5.97 Å². The number of carboxylic acid groups (broad SMARTS) is 1. The SMILES string of the molecule is [CH]CCOc1ccnc2c1ccc1c(OCCCC(=O)O)ccnc12. The lowest BCUT2D eigenvalue weighted by molar-refractivity contribution is -0.137. The lowest BCUT2D eigenvalue weighted by Crippen LogP contribution is -2.02. The number of fused-ring (bicyclic) bond motifs is 3. The van der Waals surface area contributed by atoms with Crippen LogP contribution in [-0.4, -0.2) is 34.3 Å². The molecule has 3 aromatic rings. The number of pyridine rings is 2. The zero-order chi connectivity index (χ0) is 17.6. The Balaban J connectivity index is 1.94. The molecule has 0 spiro atoms. The van der Waals surface area contributed by atoms with E-state index in [1.54, 1.807) is 24.5 Å². The molecule has 0 fully saturated rings. The van der Waals surface area contributed by atoms with Gasteiger partial charge in [0.05, 0.1) is 13.2 Å². The lowest BCUT2D eigenvalue weighted by atomic mass is 10.1. The molecular formula is C19H18N2O4. The van der Waals surface area contributed by atoms with Crippen LogP contribution in [0, 0.1) is 6.92 Å². The molecule has 0 aliphatic rings. The third-order valence-electron chi connectivity index (χ3n) is 3.71. The lowest BCUT2D eigenvalue weighted by Gasteiger charge is -2.12. The molecule has 0 atom stereocenters. The number of aromatic nitrogens is 2. The highest BCUT2D eigenvalue weighted by Crippen LogP contribution is 2.33. The topological polar surface area (TPSA) is 81.5 Å². The van der Waals surface area contributed by atoms with Gasteiger partial charge in [-0.25, -0.2) is 0 Å². The van der Waals surface area contributed by atoms with Gasteiger partial charge in [0.15, 0.2) is 0 Å². The molecule has 0 aliphatic carbocycles. The van der Waals surface area contributed by atoms with E-state index in [-0.39, 0.29) is 6.42 Å². The number of aliphatic carboxylic acids is 1. The van der Waals surface area contributed by atoms with Crippen LogP contribution in [0.2, 0.25) is 0 Å². The molecule has 1 aromatic carbocycles. The van der Waals surface area contributed by atoms with Crippen LogP contribution >= 0.6 is 0 Å². The fourth-order valence-corrected chi connectivity index (χ4v) is 2.60. The Labute approximate surface area is 145 Å². The molecular weight excluding hydrogens is 320 g/mol. The van der Waals surface area contributed by atoms with E-state index in [1.807, 2.05) is 12.1 Å². The molecule has 25 heavy (non-hydrogen) atoms. The molecule has 128 valence electrons. The van der Waals surface area contributed by atoms with Crippen molar-refractivity contribution in [2.75, 3.05) is 13.2 Å². The van der Waals surface area contributed by atoms with E-state index in [4.69, 9.17) is 21.5 Å². The quantitative estimate of drug-likeness (QED) is 0.500. The summed E-state index contributed by atoms with van der Waals surface area (Å²) in [6, 6.07) is 7.40. The highest BCUT2D eigenvalue weighted by atomic mass is 16.5. The van der Waals surface area contributed by atoms with E-state index in [0.717, 1.165) is 16.3 Å². The summed E-state index contributed by atoms with van der Waals surface area (Å²) in [5.41, 5.74) is 1.44. The molecule has 6 nitrogen and oxygen atoms in total. The number of benzene rings is 1. The summed E-state index contributed by atoms with van der Waals surface area (Å²) in [7, 11) is 0. The first-order valence-electron chi connectivity index (χ1n) is 8.04. The number of carbonyl (C=O) groups is 1. The van der Waals surface area contributed by atoms with E-state index in [1.165, 1.54) is 0 Å². The summed E-state index contributed by atoms with van der Waals surface area (Å²) >= 11 is 0. The van der Waals surface area contributed by atoms with Gasteiger partial charge in [-0.05, 0) is 44.0 Å². The van der Waals surface area contributed by atoms with Crippen LogP contribution < -0.4 is 9.47 Å². The maximum absolute atomic E-state index is 10.6. The van der Waals surface area contributed by atoms with Crippen molar-refractivity contribution in [2.24, 2.45) is 0 Å². The minimum atomic E-state index is -0.830. The normalized spacial score (nSPS) is 10.9. The second kappa shape index (κ2) is 7.79. The van der Waals surface area contributed by atoms with Gasteiger partial charge in [0.25, 0.3) is 0 Å². The molecule has 2 heterocycles. The maximum Gasteiger partial charge on any atom is 0.303 e. The molecule has 0 aliphatic heterocycles. The number of carboxylic acids is 1. The summed E-state index contributed by atoms with van der Waals surface area (Å²) in [5, 5.41) is 10.4. The smallest absolute Gasteiger partial charge is 0.303 e. The molecule has 0 saturated carbocycles. The average Bonchev–Trinajstić information content (AvgIpc) is 2.63. The van der Waals surface area contributed by atoms with E-state index >= 15 is 0 Å². The number of hydrogen-bond acceptors (Lipinski definition) is 5. The van der Waals surface area contributed by atoms with E-state index in [2.05, 4.69) is 9.97 Å². The Bertz CT molecular complexity index is 895. The predicted octanol–water partition coefficient (Wildman–Crippen LogP) is 3.51. The number of hydrogen-bond donors (Lipinski definition) is 1. The van der Waals surface area contributed by atoms with Gasteiger partial charge >= 0.3 is 5.97 Å². The van der Waals surface area contributed by atoms with Gasteiger partial charge < -0.3 is 14.6 Å². The third kappa shape index (κ3) is 3.79. The molecule has 2 aromatic heterocycles. The first kappa shape index (κ1) is 17.0. The Kier molecular flexibility index (Phi) is 5.28. The van der Waals surface area contributed by atoms with Crippen molar-refractivity contribution in [2.45, 2.75) is 19.3 Å². The Hall–Kier alpha value is -2.89. The van der Waals surface area contributed by atoms with Crippen LogP contribution in [0.1, 0.15) is 19.3 Å². The van der Waals surface area contributed by atoms with Crippen LogP contribution in [0.5, 0.6) is 11.5 Å². The standard InChI is InChI=1S/C19H18N2O4/c1-2-11-24-15-7-9-20-18-13(15)5-6-14-16(8-10-21-19(14)18)25-12-3-4-17(22)23/h1,5-10H,2-4,11-12H2,(H,22,23). The van der Waals surface area contributed by atoms with Gasteiger partial charge in [-0.15, -0.1) is 0 Å². The number of rotatable bonds is 8. The van der Waals surface area contributed by atoms with Gasteiger partial charge in [0.1, 0.15) is 22.5 Å². The fourth-order valence-electron chi connectivity index (χ4n) is 2.60. The van der Waals surface area contributed by atoms with Crippen molar-refractivity contribution in [3.8, 4) is 11.5 Å². The van der Waals surface area contributed by atoms with Crippen LogP contribution in [0.25, 0.3) is 21.8 Å². The minimum Gasteiger partial charge on any atom is -0.493 e. The van der Waals surface area contributed by atoms with Crippen molar-refractivity contribution >= 4 is 27.8 Å². The number of nitrogens with zero attached hydrogens (tertiary/aromatic N) is 2. The molecule has 0 amide bonds. The first-order chi connectivity index (χ1) is 12.2. The molecule has 0 bridgehead atoms. The average molecular weight is 338 g/mol. The van der Waals surface area contributed by atoms with Gasteiger partial charge in [0, 0.05) is 29.6 Å². The molecule has 1 N–H and O–H groups in total. The molecule has 0 saturated heterocycles. The van der Waals surface area contributed by atoms with E-state index in [0.29, 0.717) is 43.1 Å². The largest absolute Gasteiger partial charge is 0.493 e. The summed E-state index contributed by atoms with van der Waals surface area (Å²) < 4.78 is 11.4. The predicted molar refractivity (Wildman–Crippen MR) is 93.8 cm³/mol. The van der Waals surface area contributed by atoms with Crippen molar-refractivity contribution in [1.82, 2.24) is 9.97 Å². The van der Waals surface area contributed by atoms with Crippen LogP contribution in [0.3, 0.4) is 0 Å². The Morgan fingerprint density at radius 1 is 0.960 bits per heavy atom. The Morgan fingerprint density at radius 2 is 1.52 bits per heavy atom. The van der Waals surface area contributed by atoms with Crippen LogP contribution in [0.4, 0.5) is 0 Å². The van der Waals surface area contributed by atoms with Crippen molar-refractivity contribution in [3.63, 3.8) is 0 Å². The molecule has 3 rings (SSSR count). The van der Waals surface area contributed by atoms with Gasteiger partial charge in [-0.3, -0.25) is 14.8 Å². The second-order valence-corrected chi connectivity index (χ2v) is 5.46. The van der Waals surface area contributed by atoms with Crippen molar-refractivity contribution < 1.29 is 19.4 Å². The van der Waals surface area contributed by atoms with Crippen LogP contribution in [-0.2, 0) is 4.79 Å². The van der Waals surface area contributed by atoms with Gasteiger partial charge in [0.2, 0.25) is 0 Å². The summed E-state index contributed by atoms with van der Waals surface area (Å²) in [5.74, 6) is 0.544. The van der Waals surface area contributed by atoms with Gasteiger partial charge in [-0.1, -0.05) is 0 Å². The monoisotopic (exact) mass is 338 g/mol. The van der Waals surface area contributed by atoms with Crippen LogP contribution in [0.15, 0.2) is 36.7 Å². The first-order valence-corrected chi connectivity index (χ1v) is 8.04. The highest BCUT2D eigenvalue weighted by molar-refractivity contribution is 6.06. The summed E-state index contributed by atoms with van der Waals surface area (Å²) in [6.45, 7) is 6.26. The van der Waals surface area contributed by atoms with Crippen molar-refractivity contribution in [1.29, 1.82) is 0 Å². The van der Waals surface area contributed by atoms with Crippen molar-refractivity contribution in [3.05, 3.63) is 43.6 Å². The number of ether oxygens (including phenoxy) is 2. The fraction of sp³-hybridized carbons (Fsp3) is 0.263. The zero-order valence-corrected chi connectivity index (χ0v) is 13.6. The maximum atomic E-state index is 10.6. The minimum absolute atomic E-state index is 0.0787. The van der Waals surface area contributed by atoms with E-state index in [9.17, 15) is 4.79 Å². The molecule has 0 unspecified atom stereocenters.